The van der Waals surface area contributed by atoms with Gasteiger partial charge in [0.25, 0.3) is 0 Å². The van der Waals surface area contributed by atoms with Crippen LogP contribution in [0.25, 0.3) is 0 Å². The van der Waals surface area contributed by atoms with Crippen molar-refractivity contribution < 1.29 is 22.1 Å². The summed E-state index contributed by atoms with van der Waals surface area (Å²) in [5, 5.41) is 0. The average molecular weight is 295 g/mol. The third-order valence-electron chi connectivity index (χ3n) is 2.14. The highest BCUT2D eigenvalue weighted by Crippen LogP contribution is 2.30. The zero-order chi connectivity index (χ0) is 14.8. The van der Waals surface area contributed by atoms with Crippen molar-refractivity contribution in [1.29, 1.82) is 0 Å². The molecule has 0 saturated heterocycles. The average Bonchev–Trinajstić information content (AvgIpc) is 2.24. The third-order valence-corrected chi connectivity index (χ3v) is 3.48. The van der Waals surface area contributed by atoms with Gasteiger partial charge in [0, 0.05) is 5.56 Å². The Balaban J connectivity index is 2.96. The molecule has 0 spiro atoms. The normalized spacial score (nSPS) is 14.9. The second-order valence-corrected chi connectivity index (χ2v) is 6.76. The molecule has 0 aliphatic carbocycles. The summed E-state index contributed by atoms with van der Waals surface area (Å²) < 4.78 is 65.0. The summed E-state index contributed by atoms with van der Waals surface area (Å²) in [6.45, 7) is 5.05. The van der Waals surface area contributed by atoms with Gasteiger partial charge in [0.1, 0.15) is 21.9 Å². The van der Waals surface area contributed by atoms with Crippen molar-refractivity contribution >= 4 is 17.6 Å². The minimum absolute atomic E-state index is 0.134. The van der Waals surface area contributed by atoms with Gasteiger partial charge in [-0.2, -0.15) is 13.2 Å². The molecule has 0 aliphatic rings. The van der Waals surface area contributed by atoms with E-state index in [2.05, 4.69) is 4.40 Å². The van der Waals surface area contributed by atoms with E-state index in [0.717, 1.165) is 18.3 Å². The van der Waals surface area contributed by atoms with Gasteiger partial charge in [-0.15, -0.1) is 0 Å². The number of alkyl halides is 3. The molecule has 0 radical (unpaired) electrons. The molecule has 1 aromatic carbocycles. The summed E-state index contributed by atoms with van der Waals surface area (Å²) in [5.41, 5.74) is -1.20. The minimum atomic E-state index is -4.59. The molecule has 1 unspecified atom stereocenters. The predicted molar refractivity (Wildman–Crippen MR) is 66.9 cm³/mol. The van der Waals surface area contributed by atoms with Gasteiger partial charge in [-0.3, -0.25) is 0 Å². The van der Waals surface area contributed by atoms with Gasteiger partial charge >= 0.3 is 6.18 Å². The first-order valence-corrected chi connectivity index (χ1v) is 6.45. The molecule has 0 saturated carbocycles. The lowest BCUT2D eigenvalue weighted by molar-refractivity contribution is -0.137. The number of benzene rings is 1. The van der Waals surface area contributed by atoms with Crippen LogP contribution in [0, 0.1) is 5.82 Å². The molecule has 0 aromatic heterocycles. The Morgan fingerprint density at radius 1 is 1.21 bits per heavy atom. The van der Waals surface area contributed by atoms with Gasteiger partial charge in [0.15, 0.2) is 0 Å². The maximum Gasteiger partial charge on any atom is 0.416 e. The summed E-state index contributed by atoms with van der Waals surface area (Å²) in [7, 11) is 0. The lowest BCUT2D eigenvalue weighted by atomic mass is 10.1. The molecule has 1 rings (SSSR count). The molecular formula is C12H13F4NOS. The number of hydrogen-bond acceptors (Lipinski definition) is 2. The maximum absolute atomic E-state index is 13.4. The number of nitrogens with zero attached hydrogens (tertiary/aromatic N) is 1. The molecule has 0 amide bonds. The topological polar surface area (TPSA) is 35.4 Å². The highest BCUT2D eigenvalue weighted by atomic mass is 32.2. The van der Waals surface area contributed by atoms with E-state index in [9.17, 15) is 22.1 Å². The van der Waals surface area contributed by atoms with Crippen molar-refractivity contribution in [2.75, 3.05) is 0 Å². The van der Waals surface area contributed by atoms with Crippen LogP contribution in [0.4, 0.5) is 17.6 Å². The van der Waals surface area contributed by atoms with Crippen LogP contribution in [0.5, 0.6) is 0 Å². The zero-order valence-corrected chi connectivity index (χ0v) is 11.4. The minimum Gasteiger partial charge on any atom is -0.591 e. The second kappa shape index (κ2) is 5.50. The molecule has 106 valence electrons. The first-order valence-electron chi connectivity index (χ1n) is 5.34. The van der Waals surface area contributed by atoms with Crippen LogP contribution < -0.4 is 0 Å². The molecule has 0 aliphatic heterocycles. The Bertz CT molecular complexity index is 480. The van der Waals surface area contributed by atoms with Gasteiger partial charge in [0.05, 0.1) is 11.8 Å². The first-order chi connectivity index (χ1) is 8.51. The number of halogens is 4. The van der Waals surface area contributed by atoms with Crippen molar-refractivity contribution in [3.63, 3.8) is 0 Å². The summed E-state index contributed by atoms with van der Waals surface area (Å²) in [6.07, 6.45) is -3.61. The SMILES string of the molecule is CC(C)(C)[S+]([O-])/N=C/c1ccc(C(F)(F)F)cc1F. The van der Waals surface area contributed by atoms with Crippen LogP contribution in [0.15, 0.2) is 22.6 Å². The molecule has 2 nitrogen and oxygen atoms in total. The van der Waals surface area contributed by atoms with Gasteiger partial charge in [-0.05, 0) is 39.0 Å². The Hall–Kier alpha value is -1.08. The fraction of sp³-hybridized carbons (Fsp3) is 0.417. The van der Waals surface area contributed by atoms with Gasteiger partial charge in [0.2, 0.25) is 0 Å². The zero-order valence-electron chi connectivity index (χ0n) is 10.6. The van der Waals surface area contributed by atoms with Crippen LogP contribution in [0.2, 0.25) is 0 Å². The monoisotopic (exact) mass is 295 g/mol. The van der Waals surface area contributed by atoms with Crippen LogP contribution >= 0.6 is 0 Å². The highest BCUT2D eigenvalue weighted by molar-refractivity contribution is 7.91. The molecule has 19 heavy (non-hydrogen) atoms. The van der Waals surface area contributed by atoms with E-state index >= 15 is 0 Å². The maximum atomic E-state index is 13.4. The van der Waals surface area contributed by atoms with Crippen LogP contribution in [0.3, 0.4) is 0 Å². The van der Waals surface area contributed by atoms with Gasteiger partial charge in [-0.25, -0.2) is 4.39 Å². The van der Waals surface area contributed by atoms with E-state index < -0.39 is 33.7 Å². The van der Waals surface area contributed by atoms with Crippen molar-refractivity contribution in [1.82, 2.24) is 0 Å². The lowest BCUT2D eigenvalue weighted by Gasteiger charge is -2.17. The van der Waals surface area contributed by atoms with Crippen molar-refractivity contribution in [3.05, 3.63) is 35.1 Å². The molecule has 1 aromatic rings. The van der Waals surface area contributed by atoms with Crippen LogP contribution in [0.1, 0.15) is 31.9 Å². The fourth-order valence-corrected chi connectivity index (χ4v) is 1.60. The molecular weight excluding hydrogens is 282 g/mol. The van der Waals surface area contributed by atoms with Gasteiger partial charge < -0.3 is 4.55 Å². The number of rotatable bonds is 2. The summed E-state index contributed by atoms with van der Waals surface area (Å²) in [6, 6.07) is 2.10. The second-order valence-electron chi connectivity index (χ2n) is 4.83. The molecule has 0 N–H and O–H groups in total. The summed E-state index contributed by atoms with van der Waals surface area (Å²) in [5.74, 6) is -1.05. The Labute approximate surface area is 111 Å². The lowest BCUT2D eigenvalue weighted by Crippen LogP contribution is -2.25. The standard InChI is InChI=1S/C12H13F4NOS/c1-11(2,3)19(18)17-7-8-4-5-9(6-10(8)13)12(14,15)16/h4-7H,1-3H3/b17-7+. The van der Waals surface area contributed by atoms with E-state index in [1.807, 2.05) is 0 Å². The quantitative estimate of drug-likeness (QED) is 0.465. The van der Waals surface area contributed by atoms with Crippen LogP contribution in [-0.4, -0.2) is 15.5 Å². The van der Waals surface area contributed by atoms with E-state index in [4.69, 9.17) is 0 Å². The largest absolute Gasteiger partial charge is 0.591 e. The van der Waals surface area contributed by atoms with Crippen LogP contribution in [-0.2, 0) is 17.5 Å². The van der Waals surface area contributed by atoms with Crippen molar-refractivity contribution in [3.8, 4) is 0 Å². The summed E-state index contributed by atoms with van der Waals surface area (Å²) >= 11 is -1.59. The third kappa shape index (κ3) is 4.50. The van der Waals surface area contributed by atoms with Crippen molar-refractivity contribution in [2.24, 2.45) is 4.40 Å². The Morgan fingerprint density at radius 3 is 2.21 bits per heavy atom. The molecule has 0 fully saturated rings. The summed E-state index contributed by atoms with van der Waals surface area (Å²) in [4.78, 5) is 0. The molecule has 7 heteroatoms. The highest BCUT2D eigenvalue weighted by Gasteiger charge is 2.31. The smallest absolute Gasteiger partial charge is 0.416 e. The van der Waals surface area contributed by atoms with E-state index in [0.29, 0.717) is 6.07 Å². The first kappa shape index (κ1) is 16.0. The number of hydrogen-bond donors (Lipinski definition) is 0. The molecule has 0 bridgehead atoms. The van der Waals surface area contributed by atoms with E-state index in [1.165, 1.54) is 0 Å². The van der Waals surface area contributed by atoms with E-state index in [-0.39, 0.29) is 5.56 Å². The molecule has 1 atom stereocenters. The van der Waals surface area contributed by atoms with Crippen molar-refractivity contribution in [2.45, 2.75) is 31.7 Å². The molecule has 0 heterocycles. The Morgan fingerprint density at radius 2 is 1.79 bits per heavy atom. The Kier molecular flexibility index (Phi) is 4.63. The predicted octanol–water partition coefficient (Wildman–Crippen LogP) is 3.73. The fourth-order valence-electron chi connectivity index (χ4n) is 1.07. The van der Waals surface area contributed by atoms with E-state index in [1.54, 1.807) is 20.8 Å². The van der Waals surface area contributed by atoms with Gasteiger partial charge in [-0.1, -0.05) is 4.40 Å².